The lowest BCUT2D eigenvalue weighted by atomic mass is 10.0. The standard InChI is InChI=1S/C11H9F2NO4/c1-17-10(16)6-2-3-9(18-11(12)13)7(4-14)8(6)5-15/h2-3,11,15H,5H2,1H3. The average Bonchev–Trinajstić information content (AvgIpc) is 2.36. The van der Waals surface area contributed by atoms with Gasteiger partial charge in [-0.25, -0.2) is 4.79 Å². The molecule has 0 aromatic heterocycles. The van der Waals surface area contributed by atoms with Crippen LogP contribution in [0.4, 0.5) is 8.78 Å². The molecule has 5 nitrogen and oxygen atoms in total. The van der Waals surface area contributed by atoms with Crippen molar-refractivity contribution in [1.29, 1.82) is 5.26 Å². The van der Waals surface area contributed by atoms with Gasteiger partial charge in [0.1, 0.15) is 17.4 Å². The number of hydrogen-bond acceptors (Lipinski definition) is 5. The summed E-state index contributed by atoms with van der Waals surface area (Å²) >= 11 is 0. The van der Waals surface area contributed by atoms with Crippen molar-refractivity contribution in [1.82, 2.24) is 0 Å². The average molecular weight is 257 g/mol. The van der Waals surface area contributed by atoms with E-state index in [1.54, 1.807) is 6.07 Å². The number of nitrogens with zero attached hydrogens (tertiary/aromatic N) is 1. The van der Waals surface area contributed by atoms with Gasteiger partial charge >= 0.3 is 12.6 Å². The number of halogens is 2. The SMILES string of the molecule is COC(=O)c1ccc(OC(F)F)c(C#N)c1CO. The quantitative estimate of drug-likeness (QED) is 0.825. The number of alkyl halides is 2. The molecule has 0 aliphatic carbocycles. The van der Waals surface area contributed by atoms with Gasteiger partial charge in [0.25, 0.3) is 0 Å². The van der Waals surface area contributed by atoms with Crippen LogP contribution in [0.25, 0.3) is 0 Å². The van der Waals surface area contributed by atoms with Gasteiger partial charge < -0.3 is 14.6 Å². The lowest BCUT2D eigenvalue weighted by molar-refractivity contribution is -0.0501. The Labute approximate surface area is 101 Å². The van der Waals surface area contributed by atoms with E-state index in [9.17, 15) is 13.6 Å². The highest BCUT2D eigenvalue weighted by Crippen LogP contribution is 2.27. The van der Waals surface area contributed by atoms with Crippen molar-refractivity contribution in [2.75, 3.05) is 7.11 Å². The van der Waals surface area contributed by atoms with Crippen molar-refractivity contribution in [3.05, 3.63) is 28.8 Å². The van der Waals surface area contributed by atoms with E-state index in [1.807, 2.05) is 0 Å². The number of methoxy groups -OCH3 is 1. The van der Waals surface area contributed by atoms with Crippen LogP contribution in [-0.4, -0.2) is 24.8 Å². The van der Waals surface area contributed by atoms with E-state index in [-0.39, 0.29) is 16.7 Å². The number of carbonyl (C=O) groups excluding carboxylic acids is 1. The van der Waals surface area contributed by atoms with E-state index in [0.717, 1.165) is 19.2 Å². The molecule has 0 atom stereocenters. The normalized spacial score (nSPS) is 10.0. The van der Waals surface area contributed by atoms with Crippen LogP contribution in [0, 0.1) is 11.3 Å². The number of aliphatic hydroxyl groups excluding tert-OH is 1. The molecule has 0 fully saturated rings. The molecule has 1 aromatic rings. The highest BCUT2D eigenvalue weighted by molar-refractivity contribution is 5.92. The van der Waals surface area contributed by atoms with Gasteiger partial charge in [-0.15, -0.1) is 0 Å². The molecular formula is C11H9F2NO4. The molecule has 0 saturated heterocycles. The summed E-state index contributed by atoms with van der Waals surface area (Å²) in [5.41, 5.74) is -0.499. The Morgan fingerprint density at radius 1 is 1.56 bits per heavy atom. The fourth-order valence-corrected chi connectivity index (χ4v) is 1.41. The lowest BCUT2D eigenvalue weighted by Crippen LogP contribution is -2.10. The summed E-state index contributed by atoms with van der Waals surface area (Å²) in [4.78, 5) is 11.4. The zero-order valence-electron chi connectivity index (χ0n) is 9.31. The summed E-state index contributed by atoms with van der Waals surface area (Å²) in [6.07, 6.45) is 0. The van der Waals surface area contributed by atoms with Crippen molar-refractivity contribution in [2.24, 2.45) is 0 Å². The summed E-state index contributed by atoms with van der Waals surface area (Å²) in [6.45, 7) is -3.78. The Bertz CT molecular complexity index is 497. The predicted octanol–water partition coefficient (Wildman–Crippen LogP) is 1.44. The van der Waals surface area contributed by atoms with Crippen molar-refractivity contribution < 1.29 is 28.2 Å². The molecule has 0 spiro atoms. The van der Waals surface area contributed by atoms with Crippen LogP contribution in [0.3, 0.4) is 0 Å². The van der Waals surface area contributed by atoms with Crippen LogP contribution >= 0.6 is 0 Å². The van der Waals surface area contributed by atoms with Crippen molar-refractivity contribution in [3.63, 3.8) is 0 Å². The van der Waals surface area contributed by atoms with Crippen molar-refractivity contribution >= 4 is 5.97 Å². The van der Waals surface area contributed by atoms with Crippen LogP contribution in [0.2, 0.25) is 0 Å². The van der Waals surface area contributed by atoms with Gasteiger partial charge in [-0.2, -0.15) is 14.0 Å². The van der Waals surface area contributed by atoms with Crippen LogP contribution in [0.1, 0.15) is 21.5 Å². The summed E-state index contributed by atoms with van der Waals surface area (Å²) in [6, 6.07) is 3.81. The Balaban J connectivity index is 3.37. The molecule has 0 saturated carbocycles. The Morgan fingerprint density at radius 3 is 2.67 bits per heavy atom. The summed E-state index contributed by atoms with van der Waals surface area (Å²) < 4.78 is 32.8. The second kappa shape index (κ2) is 5.93. The molecule has 7 heteroatoms. The Morgan fingerprint density at radius 2 is 2.22 bits per heavy atom. The van der Waals surface area contributed by atoms with Crippen LogP contribution in [-0.2, 0) is 11.3 Å². The van der Waals surface area contributed by atoms with E-state index in [1.165, 1.54) is 0 Å². The lowest BCUT2D eigenvalue weighted by Gasteiger charge is -2.12. The summed E-state index contributed by atoms with van der Waals surface area (Å²) in [5, 5.41) is 18.0. The molecule has 0 radical (unpaired) electrons. The monoisotopic (exact) mass is 257 g/mol. The van der Waals surface area contributed by atoms with Crippen molar-refractivity contribution in [2.45, 2.75) is 13.2 Å². The maximum Gasteiger partial charge on any atom is 0.387 e. The minimum Gasteiger partial charge on any atom is -0.465 e. The second-order valence-corrected chi connectivity index (χ2v) is 3.10. The molecule has 0 aliphatic heterocycles. The predicted molar refractivity (Wildman–Crippen MR) is 55.1 cm³/mol. The van der Waals surface area contributed by atoms with E-state index in [4.69, 9.17) is 10.4 Å². The van der Waals surface area contributed by atoms with E-state index >= 15 is 0 Å². The van der Waals surface area contributed by atoms with E-state index in [0.29, 0.717) is 0 Å². The molecule has 0 heterocycles. The number of carbonyl (C=O) groups is 1. The first kappa shape index (κ1) is 13.9. The zero-order valence-corrected chi connectivity index (χ0v) is 9.31. The highest BCUT2D eigenvalue weighted by Gasteiger charge is 2.20. The third kappa shape index (κ3) is 2.73. The number of hydrogen-bond donors (Lipinski definition) is 1. The smallest absolute Gasteiger partial charge is 0.387 e. The van der Waals surface area contributed by atoms with Gasteiger partial charge in [-0.1, -0.05) is 0 Å². The molecule has 1 aromatic carbocycles. The Kier molecular flexibility index (Phi) is 4.57. The number of ether oxygens (including phenoxy) is 2. The zero-order chi connectivity index (χ0) is 13.7. The molecular weight excluding hydrogens is 248 g/mol. The van der Waals surface area contributed by atoms with Gasteiger partial charge in [-0.05, 0) is 12.1 Å². The fraction of sp³-hybridized carbons (Fsp3) is 0.273. The number of aliphatic hydroxyl groups is 1. The fourth-order valence-electron chi connectivity index (χ4n) is 1.41. The number of esters is 1. The summed E-state index contributed by atoms with van der Waals surface area (Å²) in [7, 11) is 1.12. The molecule has 18 heavy (non-hydrogen) atoms. The van der Waals surface area contributed by atoms with Crippen molar-refractivity contribution in [3.8, 4) is 11.8 Å². The van der Waals surface area contributed by atoms with E-state index < -0.39 is 24.9 Å². The second-order valence-electron chi connectivity index (χ2n) is 3.10. The third-order valence-electron chi connectivity index (χ3n) is 2.17. The first-order chi connectivity index (χ1) is 8.54. The van der Waals surface area contributed by atoms with Crippen LogP contribution in [0.5, 0.6) is 5.75 Å². The highest BCUT2D eigenvalue weighted by atomic mass is 19.3. The van der Waals surface area contributed by atoms with E-state index in [2.05, 4.69) is 9.47 Å². The maximum absolute atomic E-state index is 12.1. The maximum atomic E-state index is 12.1. The third-order valence-corrected chi connectivity index (χ3v) is 2.17. The summed E-state index contributed by atoms with van der Waals surface area (Å²) in [5.74, 6) is -1.18. The molecule has 96 valence electrons. The first-order valence-corrected chi connectivity index (χ1v) is 4.75. The van der Waals surface area contributed by atoms with Gasteiger partial charge in [-0.3, -0.25) is 0 Å². The number of rotatable bonds is 4. The topological polar surface area (TPSA) is 79.5 Å². The molecule has 0 unspecified atom stereocenters. The molecule has 0 aliphatic rings. The van der Waals surface area contributed by atoms with Gasteiger partial charge in [0.05, 0.1) is 19.3 Å². The van der Waals surface area contributed by atoms with Gasteiger partial charge in [0.2, 0.25) is 0 Å². The van der Waals surface area contributed by atoms with Gasteiger partial charge in [0.15, 0.2) is 0 Å². The number of benzene rings is 1. The minimum atomic E-state index is -3.10. The minimum absolute atomic E-state index is 0.0711. The molecule has 1 N–H and O–H groups in total. The van der Waals surface area contributed by atoms with Crippen LogP contribution in [0.15, 0.2) is 12.1 Å². The number of nitriles is 1. The molecule has 1 rings (SSSR count). The molecule has 0 amide bonds. The molecule has 0 bridgehead atoms. The first-order valence-electron chi connectivity index (χ1n) is 4.75. The largest absolute Gasteiger partial charge is 0.465 e. The Hall–Kier alpha value is -2.20. The van der Waals surface area contributed by atoms with Gasteiger partial charge in [0, 0.05) is 5.56 Å². The van der Waals surface area contributed by atoms with Crippen LogP contribution < -0.4 is 4.74 Å².